The summed E-state index contributed by atoms with van der Waals surface area (Å²) in [6.45, 7) is 2.29. The second-order valence-electron chi connectivity index (χ2n) is 12.1. The average molecular weight is 596 g/mol. The molecule has 2 N–H and O–H groups in total. The van der Waals surface area contributed by atoms with E-state index in [0.717, 1.165) is 43.0 Å². The van der Waals surface area contributed by atoms with Gasteiger partial charge in [-0.2, -0.15) is 9.97 Å². The van der Waals surface area contributed by atoms with Gasteiger partial charge in [-0.3, -0.25) is 4.79 Å². The lowest BCUT2D eigenvalue weighted by Crippen LogP contribution is -2.58. The van der Waals surface area contributed by atoms with Crippen LogP contribution in [0.15, 0.2) is 48.5 Å². The van der Waals surface area contributed by atoms with Crippen LogP contribution in [0.3, 0.4) is 0 Å². The zero-order valence-corrected chi connectivity index (χ0v) is 24.5. The number of piperazine rings is 1. The minimum atomic E-state index is -1.47. The number of likely N-dealkylation sites (tertiary alicyclic amines) is 1. The number of rotatable bonds is 6. The number of fused-ring (bicyclic) bond motifs is 4. The van der Waals surface area contributed by atoms with Crippen molar-refractivity contribution in [3.05, 3.63) is 54.3 Å². The lowest BCUT2D eigenvalue weighted by Gasteiger charge is -2.42. The molecule has 44 heavy (non-hydrogen) atoms. The molecule has 226 valence electrons. The molecule has 0 spiro atoms. The van der Waals surface area contributed by atoms with E-state index in [0.29, 0.717) is 42.0 Å². The van der Waals surface area contributed by atoms with Crippen molar-refractivity contribution < 1.29 is 24.1 Å². The maximum Gasteiger partial charge on any atom is 0.319 e. The first-order valence-electron chi connectivity index (χ1n) is 15.1. The summed E-state index contributed by atoms with van der Waals surface area (Å²) in [4.78, 5) is 28.3. The van der Waals surface area contributed by atoms with Crippen LogP contribution in [0.1, 0.15) is 25.7 Å². The quantitative estimate of drug-likeness (QED) is 0.324. The number of carbonyl (C=O) groups excluding carboxylic acids is 1. The van der Waals surface area contributed by atoms with E-state index >= 15 is 4.39 Å². The maximum absolute atomic E-state index is 16.7. The van der Waals surface area contributed by atoms with Crippen molar-refractivity contribution in [3.8, 4) is 35.2 Å². The molecule has 3 aromatic carbocycles. The van der Waals surface area contributed by atoms with E-state index in [2.05, 4.69) is 27.8 Å². The second-order valence-corrected chi connectivity index (χ2v) is 12.1. The van der Waals surface area contributed by atoms with Gasteiger partial charge in [-0.25, -0.2) is 4.39 Å². The number of nitrogens with zero attached hydrogens (tertiary/aromatic N) is 5. The highest BCUT2D eigenvalue weighted by Gasteiger charge is 2.44. The minimum absolute atomic E-state index is 0.0455. The Morgan fingerprint density at radius 3 is 2.59 bits per heavy atom. The van der Waals surface area contributed by atoms with E-state index in [9.17, 15) is 15.0 Å². The summed E-state index contributed by atoms with van der Waals surface area (Å²) < 4.78 is 22.8. The van der Waals surface area contributed by atoms with Crippen LogP contribution in [-0.4, -0.2) is 93.4 Å². The molecular formula is C34H34FN5O4. The Bertz CT molecular complexity index is 1790. The number of aromatic hydroxyl groups is 1. The van der Waals surface area contributed by atoms with Crippen LogP contribution in [0.25, 0.3) is 32.8 Å². The third kappa shape index (κ3) is 4.86. The standard InChI is InChI=1S/C34H34FN5O4/c1-3-29(42)33(43)40-21-10-11-22(40)18-39(17-21)32-27-13-12-26(28-16-24(41)15-20-7-4-5-9-25(20)28)30(35)31(27)36-34(37-32)44-19-23-8-6-14-38(23)2/h1,4-5,7,9,12-13,15-16,21-23,29,41-42H,6,8,10-11,14,17-19H2,2H3/t21?,22?,23-,29+/m0/s1. The monoisotopic (exact) mass is 595 g/mol. The normalized spacial score (nSPS) is 22.5. The molecule has 0 radical (unpaired) electrons. The molecule has 3 aliphatic heterocycles. The van der Waals surface area contributed by atoms with E-state index in [-0.39, 0.29) is 35.4 Å². The van der Waals surface area contributed by atoms with E-state index in [1.807, 2.05) is 30.3 Å². The number of aliphatic hydroxyl groups excluding tert-OH is 1. The molecule has 0 aliphatic carbocycles. The Hall–Kier alpha value is -4.46. The summed E-state index contributed by atoms with van der Waals surface area (Å²) in [6.07, 6.45) is 7.50. The summed E-state index contributed by atoms with van der Waals surface area (Å²) in [5, 5.41) is 22.7. The first kappa shape index (κ1) is 28.3. The molecule has 4 heterocycles. The number of terminal acetylenes is 1. The number of likely N-dealkylation sites (N-methyl/N-ethyl adjacent to an activating group) is 1. The summed E-state index contributed by atoms with van der Waals surface area (Å²) >= 11 is 0. The highest BCUT2D eigenvalue weighted by molar-refractivity contribution is 6.01. The number of phenolic OH excluding ortho intramolecular Hbond substituents is 1. The van der Waals surface area contributed by atoms with Crippen molar-refractivity contribution in [1.29, 1.82) is 0 Å². The Morgan fingerprint density at radius 2 is 1.86 bits per heavy atom. The predicted octanol–water partition coefficient (Wildman–Crippen LogP) is 3.94. The van der Waals surface area contributed by atoms with Gasteiger partial charge in [0.1, 0.15) is 23.7 Å². The SMILES string of the molecule is C#C[C@@H](O)C(=O)N1C2CCC1CN(c1nc(OC[C@@H]3CCCN3C)nc3c(F)c(-c4cc(O)cc5ccccc45)ccc13)C2. The summed E-state index contributed by atoms with van der Waals surface area (Å²) in [7, 11) is 2.06. The van der Waals surface area contributed by atoms with Gasteiger partial charge in [0.05, 0.1) is 0 Å². The van der Waals surface area contributed by atoms with Crippen LogP contribution >= 0.6 is 0 Å². The van der Waals surface area contributed by atoms with Crippen molar-refractivity contribution in [3.63, 3.8) is 0 Å². The van der Waals surface area contributed by atoms with Crippen LogP contribution in [-0.2, 0) is 4.79 Å². The van der Waals surface area contributed by atoms with Crippen molar-refractivity contribution >= 4 is 33.4 Å². The second kappa shape index (κ2) is 11.2. The fourth-order valence-corrected chi connectivity index (χ4v) is 7.17. The largest absolute Gasteiger partial charge is 0.508 e. The van der Waals surface area contributed by atoms with Gasteiger partial charge < -0.3 is 29.6 Å². The van der Waals surface area contributed by atoms with Gasteiger partial charge in [-0.15, -0.1) is 6.42 Å². The molecular weight excluding hydrogens is 561 g/mol. The van der Waals surface area contributed by atoms with E-state index in [4.69, 9.17) is 16.1 Å². The number of amides is 1. The minimum Gasteiger partial charge on any atom is -0.508 e. The third-order valence-corrected chi connectivity index (χ3v) is 9.41. The summed E-state index contributed by atoms with van der Waals surface area (Å²) in [5.41, 5.74) is 1.00. The number of carbonyl (C=O) groups is 1. The Balaban J connectivity index is 1.31. The summed E-state index contributed by atoms with van der Waals surface area (Å²) in [6, 6.07) is 14.3. The molecule has 3 fully saturated rings. The molecule has 4 atom stereocenters. The van der Waals surface area contributed by atoms with Gasteiger partial charge >= 0.3 is 6.01 Å². The zero-order chi connectivity index (χ0) is 30.5. The van der Waals surface area contributed by atoms with Crippen molar-refractivity contribution in [2.24, 2.45) is 0 Å². The number of hydrogen-bond donors (Lipinski definition) is 2. The fraction of sp³-hybridized carbons (Fsp3) is 0.382. The number of aliphatic hydroxyl groups is 1. The van der Waals surface area contributed by atoms with Gasteiger partial charge in [0.15, 0.2) is 11.9 Å². The molecule has 10 heteroatoms. The zero-order valence-electron chi connectivity index (χ0n) is 24.5. The van der Waals surface area contributed by atoms with Crippen LogP contribution < -0.4 is 9.64 Å². The molecule has 2 bridgehead atoms. The lowest BCUT2D eigenvalue weighted by atomic mass is 9.96. The third-order valence-electron chi connectivity index (χ3n) is 9.41. The van der Waals surface area contributed by atoms with E-state index < -0.39 is 17.8 Å². The molecule has 7 rings (SSSR count). The highest BCUT2D eigenvalue weighted by Crippen LogP contribution is 2.40. The lowest BCUT2D eigenvalue weighted by molar-refractivity contribution is -0.140. The smallest absolute Gasteiger partial charge is 0.319 e. The Labute approximate surface area is 254 Å². The number of phenols is 1. The van der Waals surface area contributed by atoms with Crippen molar-refractivity contribution in [1.82, 2.24) is 19.8 Å². The molecule has 1 aromatic heterocycles. The predicted molar refractivity (Wildman–Crippen MR) is 166 cm³/mol. The Kier molecular flexibility index (Phi) is 7.23. The molecule has 4 aromatic rings. The number of benzene rings is 3. The average Bonchev–Trinajstić information content (AvgIpc) is 3.56. The van der Waals surface area contributed by atoms with Crippen molar-refractivity contribution in [2.45, 2.75) is 49.9 Å². The number of anilines is 1. The number of hydrogen-bond acceptors (Lipinski definition) is 8. The van der Waals surface area contributed by atoms with Gasteiger partial charge in [-0.05, 0) is 73.8 Å². The van der Waals surface area contributed by atoms with Crippen LogP contribution in [0.2, 0.25) is 0 Å². The molecule has 2 unspecified atom stereocenters. The van der Waals surface area contributed by atoms with Crippen LogP contribution in [0.5, 0.6) is 11.8 Å². The van der Waals surface area contributed by atoms with Crippen LogP contribution in [0, 0.1) is 18.2 Å². The van der Waals surface area contributed by atoms with Gasteiger partial charge in [0.25, 0.3) is 5.91 Å². The maximum atomic E-state index is 16.7. The van der Waals surface area contributed by atoms with E-state index in [1.54, 1.807) is 23.1 Å². The molecule has 3 saturated heterocycles. The molecule has 0 saturated carbocycles. The molecule has 3 aliphatic rings. The van der Waals surface area contributed by atoms with Crippen molar-refractivity contribution in [2.75, 3.05) is 38.2 Å². The first-order valence-corrected chi connectivity index (χ1v) is 15.1. The van der Waals surface area contributed by atoms with Gasteiger partial charge in [0.2, 0.25) is 0 Å². The Morgan fingerprint density at radius 1 is 1.09 bits per heavy atom. The highest BCUT2D eigenvalue weighted by atomic mass is 19.1. The summed E-state index contributed by atoms with van der Waals surface area (Å²) in [5.74, 6) is 1.74. The van der Waals surface area contributed by atoms with Gasteiger partial charge in [0, 0.05) is 42.2 Å². The topological polar surface area (TPSA) is 102 Å². The number of halogens is 1. The molecule has 1 amide bonds. The van der Waals surface area contributed by atoms with E-state index in [1.165, 1.54) is 0 Å². The van der Waals surface area contributed by atoms with Crippen LogP contribution in [0.4, 0.5) is 10.2 Å². The number of ether oxygens (including phenoxy) is 1. The fourth-order valence-electron chi connectivity index (χ4n) is 7.17. The van der Waals surface area contributed by atoms with Gasteiger partial charge in [-0.1, -0.05) is 36.3 Å². The number of aromatic nitrogens is 2. The molecule has 9 nitrogen and oxygen atoms in total. The first-order chi connectivity index (χ1) is 21.3.